The van der Waals surface area contributed by atoms with Crippen LogP contribution in [0, 0.1) is 0 Å². The third-order valence-electron chi connectivity index (χ3n) is 2.37. The molecule has 0 aliphatic carbocycles. The Hall–Kier alpha value is -0.540. The smallest absolute Gasteiger partial charge is 0.119 e. The number of rotatable bonds is 7. The normalized spacial score (nSPS) is 12.4. The quantitative estimate of drug-likeness (QED) is 0.565. The van der Waals surface area contributed by atoms with Crippen LogP contribution in [0.4, 0.5) is 0 Å². The maximum atomic E-state index is 5.33. The fraction of sp³-hybridized carbons (Fsp3) is 0.538. The van der Waals surface area contributed by atoms with Gasteiger partial charge in [-0.25, -0.2) is 0 Å². The predicted octanol–water partition coefficient (Wildman–Crippen LogP) is 3.43. The predicted molar refractivity (Wildman–Crippen MR) is 70.5 cm³/mol. The van der Waals surface area contributed by atoms with Gasteiger partial charge in [-0.05, 0) is 37.5 Å². The van der Waals surface area contributed by atoms with Crippen LogP contribution in [-0.4, -0.2) is 25.2 Å². The second-order valence-corrected chi connectivity index (χ2v) is 4.93. The minimum absolute atomic E-state index is 0.464. The fourth-order valence-corrected chi connectivity index (χ4v) is 2.07. The van der Waals surface area contributed by atoms with Crippen molar-refractivity contribution in [1.29, 1.82) is 0 Å². The molecule has 1 unspecified atom stereocenters. The van der Waals surface area contributed by atoms with Crippen molar-refractivity contribution in [2.45, 2.75) is 24.6 Å². The zero-order valence-corrected chi connectivity index (χ0v) is 11.5. The standard InChI is InChI=1S/C13H19BrO2/c1-3-16-8-7-12(14)9-11-5-4-6-13(10-11)15-2/h4-6,10,12H,3,7-9H2,1-2H3. The van der Waals surface area contributed by atoms with Gasteiger partial charge < -0.3 is 9.47 Å². The van der Waals surface area contributed by atoms with E-state index in [1.54, 1.807) is 7.11 Å². The number of alkyl halides is 1. The van der Waals surface area contributed by atoms with E-state index in [1.165, 1.54) is 5.56 Å². The van der Waals surface area contributed by atoms with E-state index in [2.05, 4.69) is 28.1 Å². The molecule has 1 aromatic carbocycles. The summed E-state index contributed by atoms with van der Waals surface area (Å²) in [7, 11) is 1.69. The fourth-order valence-electron chi connectivity index (χ4n) is 1.51. The van der Waals surface area contributed by atoms with Crippen LogP contribution in [-0.2, 0) is 11.2 Å². The molecule has 0 spiro atoms. The van der Waals surface area contributed by atoms with Gasteiger partial charge in [0.15, 0.2) is 0 Å². The van der Waals surface area contributed by atoms with Gasteiger partial charge in [0.1, 0.15) is 5.75 Å². The largest absolute Gasteiger partial charge is 0.497 e. The van der Waals surface area contributed by atoms with Gasteiger partial charge in [0.05, 0.1) is 7.11 Å². The Labute approximate surface area is 106 Å². The van der Waals surface area contributed by atoms with Gasteiger partial charge in [0.25, 0.3) is 0 Å². The number of halogens is 1. The average molecular weight is 287 g/mol. The van der Waals surface area contributed by atoms with E-state index in [4.69, 9.17) is 9.47 Å². The van der Waals surface area contributed by atoms with Gasteiger partial charge in [0, 0.05) is 18.0 Å². The number of hydrogen-bond acceptors (Lipinski definition) is 2. The number of methoxy groups -OCH3 is 1. The average Bonchev–Trinajstić information content (AvgIpc) is 2.29. The Morgan fingerprint density at radius 2 is 2.19 bits per heavy atom. The number of benzene rings is 1. The molecule has 0 aromatic heterocycles. The maximum absolute atomic E-state index is 5.33. The summed E-state index contributed by atoms with van der Waals surface area (Å²) in [6.45, 7) is 3.63. The van der Waals surface area contributed by atoms with E-state index < -0.39 is 0 Å². The van der Waals surface area contributed by atoms with Crippen LogP contribution in [0.1, 0.15) is 18.9 Å². The van der Waals surface area contributed by atoms with E-state index in [9.17, 15) is 0 Å². The van der Waals surface area contributed by atoms with E-state index in [-0.39, 0.29) is 0 Å². The minimum atomic E-state index is 0.464. The molecule has 0 saturated carbocycles. The summed E-state index contributed by atoms with van der Waals surface area (Å²) in [6, 6.07) is 8.19. The molecule has 90 valence electrons. The van der Waals surface area contributed by atoms with Crippen LogP contribution in [0.15, 0.2) is 24.3 Å². The van der Waals surface area contributed by atoms with Crippen LogP contribution >= 0.6 is 15.9 Å². The van der Waals surface area contributed by atoms with Gasteiger partial charge in [-0.1, -0.05) is 28.1 Å². The van der Waals surface area contributed by atoms with Crippen molar-refractivity contribution in [2.75, 3.05) is 20.3 Å². The van der Waals surface area contributed by atoms with E-state index in [1.807, 2.05) is 19.1 Å². The van der Waals surface area contributed by atoms with Crippen molar-refractivity contribution in [1.82, 2.24) is 0 Å². The first kappa shape index (κ1) is 13.5. The van der Waals surface area contributed by atoms with Crippen LogP contribution in [0.25, 0.3) is 0 Å². The van der Waals surface area contributed by atoms with E-state index in [0.717, 1.165) is 31.8 Å². The molecule has 1 rings (SSSR count). The van der Waals surface area contributed by atoms with Crippen LogP contribution < -0.4 is 4.74 Å². The molecule has 0 bridgehead atoms. The van der Waals surface area contributed by atoms with Crippen molar-refractivity contribution in [3.8, 4) is 5.75 Å². The topological polar surface area (TPSA) is 18.5 Å². The lowest BCUT2D eigenvalue weighted by atomic mass is 10.1. The molecular formula is C13H19BrO2. The Morgan fingerprint density at radius 3 is 2.88 bits per heavy atom. The zero-order valence-electron chi connectivity index (χ0n) is 9.91. The highest BCUT2D eigenvalue weighted by atomic mass is 79.9. The lowest BCUT2D eigenvalue weighted by Crippen LogP contribution is -2.07. The maximum Gasteiger partial charge on any atom is 0.119 e. The highest BCUT2D eigenvalue weighted by Gasteiger charge is 2.06. The molecule has 0 heterocycles. The molecule has 1 aromatic rings. The first-order chi connectivity index (χ1) is 7.76. The molecule has 0 aliphatic heterocycles. The van der Waals surface area contributed by atoms with Crippen LogP contribution in [0.5, 0.6) is 5.75 Å². The first-order valence-electron chi connectivity index (χ1n) is 5.61. The van der Waals surface area contributed by atoms with E-state index >= 15 is 0 Å². The summed E-state index contributed by atoms with van der Waals surface area (Å²) < 4.78 is 10.5. The SMILES string of the molecule is CCOCCC(Br)Cc1cccc(OC)c1. The summed E-state index contributed by atoms with van der Waals surface area (Å²) in [5.74, 6) is 0.919. The Bertz CT molecular complexity index is 302. The lowest BCUT2D eigenvalue weighted by molar-refractivity contribution is 0.145. The van der Waals surface area contributed by atoms with Crippen LogP contribution in [0.3, 0.4) is 0 Å². The summed E-state index contributed by atoms with van der Waals surface area (Å²) in [5, 5.41) is 0. The summed E-state index contributed by atoms with van der Waals surface area (Å²) in [5.41, 5.74) is 1.29. The third kappa shape index (κ3) is 4.99. The van der Waals surface area contributed by atoms with Crippen molar-refractivity contribution in [3.05, 3.63) is 29.8 Å². The molecule has 16 heavy (non-hydrogen) atoms. The zero-order chi connectivity index (χ0) is 11.8. The van der Waals surface area contributed by atoms with Gasteiger partial charge in [-0.2, -0.15) is 0 Å². The molecule has 0 saturated heterocycles. The second kappa shape index (κ2) is 7.69. The van der Waals surface area contributed by atoms with Crippen molar-refractivity contribution in [2.24, 2.45) is 0 Å². The van der Waals surface area contributed by atoms with E-state index in [0.29, 0.717) is 4.83 Å². The second-order valence-electron chi connectivity index (χ2n) is 3.64. The van der Waals surface area contributed by atoms with Gasteiger partial charge in [-0.15, -0.1) is 0 Å². The summed E-state index contributed by atoms with van der Waals surface area (Å²) >= 11 is 3.67. The summed E-state index contributed by atoms with van der Waals surface area (Å²) in [6.07, 6.45) is 2.04. The highest BCUT2D eigenvalue weighted by molar-refractivity contribution is 9.09. The molecule has 0 N–H and O–H groups in total. The van der Waals surface area contributed by atoms with Crippen LogP contribution in [0.2, 0.25) is 0 Å². The number of ether oxygens (including phenoxy) is 2. The molecule has 0 radical (unpaired) electrons. The van der Waals surface area contributed by atoms with Crippen molar-refractivity contribution >= 4 is 15.9 Å². The minimum Gasteiger partial charge on any atom is -0.497 e. The number of hydrogen-bond donors (Lipinski definition) is 0. The van der Waals surface area contributed by atoms with Gasteiger partial charge in [0.2, 0.25) is 0 Å². The highest BCUT2D eigenvalue weighted by Crippen LogP contribution is 2.18. The molecular weight excluding hydrogens is 268 g/mol. The van der Waals surface area contributed by atoms with Gasteiger partial charge >= 0.3 is 0 Å². The molecule has 3 heteroatoms. The molecule has 2 nitrogen and oxygen atoms in total. The Balaban J connectivity index is 2.39. The first-order valence-corrected chi connectivity index (χ1v) is 6.52. The summed E-state index contributed by atoms with van der Waals surface area (Å²) in [4.78, 5) is 0.464. The van der Waals surface area contributed by atoms with Gasteiger partial charge in [-0.3, -0.25) is 0 Å². The molecule has 0 amide bonds. The molecule has 0 aliphatic rings. The van der Waals surface area contributed by atoms with Crippen molar-refractivity contribution in [3.63, 3.8) is 0 Å². The Kier molecular flexibility index (Phi) is 6.50. The monoisotopic (exact) mass is 286 g/mol. The Morgan fingerprint density at radius 1 is 1.38 bits per heavy atom. The molecule has 0 fully saturated rings. The molecule has 1 atom stereocenters. The lowest BCUT2D eigenvalue weighted by Gasteiger charge is -2.10. The third-order valence-corrected chi connectivity index (χ3v) is 3.15. The van der Waals surface area contributed by atoms with Crippen molar-refractivity contribution < 1.29 is 9.47 Å².